The van der Waals surface area contributed by atoms with Crippen molar-refractivity contribution in [2.75, 3.05) is 6.61 Å². The highest BCUT2D eigenvalue weighted by molar-refractivity contribution is 5.87. The summed E-state index contributed by atoms with van der Waals surface area (Å²) in [4.78, 5) is 0. The molecule has 3 aliphatic rings. The molecule has 2 fully saturated rings. The maximum atomic E-state index is 16.9. The number of hydrogen-bond acceptors (Lipinski definition) is 2. The summed E-state index contributed by atoms with van der Waals surface area (Å²) in [5, 5.41) is 5.63. The molecule has 0 amide bonds. The lowest BCUT2D eigenvalue weighted by Gasteiger charge is -2.36. The maximum absolute atomic E-state index is 16.9. The normalized spacial score (nSPS) is 33.6. The standard InChI is InChI=1S/C30H38FNO/c1-4-8-21-12-14-22(15-13-21)23-16-17-25-24(19-23)9-7-11-26(25)30(31)18-6-5-10-27(30)28-32-29(2,3)20-33-28/h5-7,9-11,16-19,21-22,27-28,32H,4,8,12-15,20H2,1-3H3. The lowest BCUT2D eigenvalue weighted by atomic mass is 9.75. The van der Waals surface area contributed by atoms with Crippen LogP contribution >= 0.6 is 0 Å². The molecule has 0 bridgehead atoms. The Morgan fingerprint density at radius 3 is 2.61 bits per heavy atom. The number of halogens is 1. The minimum absolute atomic E-state index is 0.148. The van der Waals surface area contributed by atoms with Crippen molar-refractivity contribution >= 4 is 10.8 Å². The lowest BCUT2D eigenvalue weighted by Crippen LogP contribution is -2.47. The Morgan fingerprint density at radius 1 is 1.06 bits per heavy atom. The molecule has 1 heterocycles. The van der Waals surface area contributed by atoms with E-state index in [0.717, 1.165) is 22.3 Å². The van der Waals surface area contributed by atoms with Crippen LogP contribution in [0.4, 0.5) is 4.39 Å². The van der Waals surface area contributed by atoms with Gasteiger partial charge in [-0.3, -0.25) is 5.32 Å². The topological polar surface area (TPSA) is 21.3 Å². The molecule has 2 nitrogen and oxygen atoms in total. The largest absolute Gasteiger partial charge is 0.361 e. The summed E-state index contributed by atoms with van der Waals surface area (Å²) < 4.78 is 22.9. The zero-order valence-corrected chi connectivity index (χ0v) is 20.3. The second-order valence-corrected chi connectivity index (χ2v) is 11.1. The second-order valence-electron chi connectivity index (χ2n) is 11.1. The monoisotopic (exact) mass is 447 g/mol. The Balaban J connectivity index is 1.45. The highest BCUT2D eigenvalue weighted by Crippen LogP contribution is 2.46. The third-order valence-corrected chi connectivity index (χ3v) is 8.07. The molecule has 1 saturated carbocycles. The fraction of sp³-hybridized carbons (Fsp3) is 0.533. The van der Waals surface area contributed by atoms with E-state index in [1.165, 1.54) is 44.1 Å². The van der Waals surface area contributed by atoms with Gasteiger partial charge >= 0.3 is 0 Å². The van der Waals surface area contributed by atoms with Gasteiger partial charge in [0.05, 0.1) is 12.5 Å². The number of benzene rings is 2. The molecule has 2 aromatic carbocycles. The summed E-state index contributed by atoms with van der Waals surface area (Å²) in [5.41, 5.74) is 0.385. The Labute approximate surface area is 198 Å². The van der Waals surface area contributed by atoms with Gasteiger partial charge in [0.15, 0.2) is 5.67 Å². The first kappa shape index (κ1) is 22.8. The summed E-state index contributed by atoms with van der Waals surface area (Å²) in [6.45, 7) is 7.08. The molecule has 1 N–H and O–H groups in total. The first-order valence-corrected chi connectivity index (χ1v) is 12.9. The molecule has 3 atom stereocenters. The minimum Gasteiger partial charge on any atom is -0.361 e. The van der Waals surface area contributed by atoms with E-state index in [2.05, 4.69) is 50.4 Å². The molecule has 2 aliphatic carbocycles. The number of rotatable bonds is 5. The van der Waals surface area contributed by atoms with Gasteiger partial charge in [-0.2, -0.15) is 0 Å². The van der Waals surface area contributed by atoms with Crippen molar-refractivity contribution in [3.63, 3.8) is 0 Å². The second kappa shape index (κ2) is 9.00. The molecule has 3 heteroatoms. The van der Waals surface area contributed by atoms with Gasteiger partial charge in [0.25, 0.3) is 0 Å². The number of ether oxygens (including phenoxy) is 1. The van der Waals surface area contributed by atoms with Crippen molar-refractivity contribution in [2.24, 2.45) is 11.8 Å². The zero-order chi connectivity index (χ0) is 23.1. The fourth-order valence-electron chi connectivity index (χ4n) is 6.26. The maximum Gasteiger partial charge on any atom is 0.165 e. The van der Waals surface area contributed by atoms with Gasteiger partial charge in [-0.15, -0.1) is 0 Å². The quantitative estimate of drug-likeness (QED) is 0.511. The molecule has 2 aromatic rings. The van der Waals surface area contributed by atoms with Crippen LogP contribution in [0.3, 0.4) is 0 Å². The molecule has 0 radical (unpaired) electrons. The summed E-state index contributed by atoms with van der Waals surface area (Å²) in [5.74, 6) is 1.13. The van der Waals surface area contributed by atoms with E-state index in [0.29, 0.717) is 12.5 Å². The fourth-order valence-corrected chi connectivity index (χ4v) is 6.26. The van der Waals surface area contributed by atoms with Gasteiger partial charge in [0.2, 0.25) is 0 Å². The summed E-state index contributed by atoms with van der Waals surface area (Å²) in [6, 6.07) is 12.8. The molecule has 1 saturated heterocycles. The van der Waals surface area contributed by atoms with Crippen LogP contribution in [0, 0.1) is 11.8 Å². The van der Waals surface area contributed by atoms with Crippen molar-refractivity contribution in [3.05, 3.63) is 71.8 Å². The Bertz CT molecular complexity index is 1050. The van der Waals surface area contributed by atoms with Gasteiger partial charge in [0, 0.05) is 11.1 Å². The van der Waals surface area contributed by atoms with Crippen LogP contribution in [0.15, 0.2) is 60.7 Å². The molecule has 0 aromatic heterocycles. The van der Waals surface area contributed by atoms with E-state index in [1.807, 2.05) is 30.4 Å². The average molecular weight is 448 g/mol. The predicted molar refractivity (Wildman–Crippen MR) is 135 cm³/mol. The van der Waals surface area contributed by atoms with E-state index in [-0.39, 0.29) is 11.8 Å². The van der Waals surface area contributed by atoms with Gasteiger partial charge in [-0.05, 0) is 73.8 Å². The van der Waals surface area contributed by atoms with Crippen LogP contribution in [0.5, 0.6) is 0 Å². The number of nitrogens with one attached hydrogen (secondary N) is 1. The molecule has 1 aliphatic heterocycles. The van der Waals surface area contributed by atoms with Gasteiger partial charge in [-0.1, -0.05) is 74.4 Å². The van der Waals surface area contributed by atoms with E-state index < -0.39 is 11.6 Å². The van der Waals surface area contributed by atoms with E-state index >= 15 is 4.39 Å². The smallest absolute Gasteiger partial charge is 0.165 e. The average Bonchev–Trinajstić information content (AvgIpc) is 3.18. The third-order valence-electron chi connectivity index (χ3n) is 8.07. The van der Waals surface area contributed by atoms with Gasteiger partial charge in [-0.25, -0.2) is 4.39 Å². The highest BCUT2D eigenvalue weighted by atomic mass is 19.1. The van der Waals surface area contributed by atoms with Gasteiger partial charge < -0.3 is 4.74 Å². The Kier molecular flexibility index (Phi) is 6.22. The molecule has 33 heavy (non-hydrogen) atoms. The molecule has 3 unspecified atom stereocenters. The Morgan fingerprint density at radius 2 is 1.88 bits per heavy atom. The summed E-state index contributed by atoms with van der Waals surface area (Å²) in [7, 11) is 0. The molecular formula is C30H38FNO. The van der Waals surface area contributed by atoms with Crippen LogP contribution < -0.4 is 5.32 Å². The predicted octanol–water partition coefficient (Wildman–Crippen LogP) is 7.55. The van der Waals surface area contributed by atoms with Crippen LogP contribution in [-0.4, -0.2) is 18.4 Å². The SMILES string of the molecule is CCCC1CCC(c2ccc3c(C4(F)C=CC=CC4C4NC(C)(C)CO4)cccc3c2)CC1. The number of hydrogen-bond donors (Lipinski definition) is 1. The van der Waals surface area contributed by atoms with Crippen molar-refractivity contribution in [1.82, 2.24) is 5.32 Å². The van der Waals surface area contributed by atoms with E-state index in [9.17, 15) is 0 Å². The van der Waals surface area contributed by atoms with Gasteiger partial charge in [0.1, 0.15) is 6.23 Å². The zero-order valence-electron chi connectivity index (χ0n) is 20.3. The van der Waals surface area contributed by atoms with Crippen LogP contribution in [0.25, 0.3) is 10.8 Å². The first-order valence-electron chi connectivity index (χ1n) is 12.9. The van der Waals surface area contributed by atoms with Crippen LogP contribution in [0.1, 0.15) is 76.3 Å². The highest BCUT2D eigenvalue weighted by Gasteiger charge is 2.47. The van der Waals surface area contributed by atoms with Crippen molar-refractivity contribution in [1.29, 1.82) is 0 Å². The number of allylic oxidation sites excluding steroid dienone is 3. The minimum atomic E-state index is -1.62. The van der Waals surface area contributed by atoms with E-state index in [1.54, 1.807) is 6.08 Å². The summed E-state index contributed by atoms with van der Waals surface area (Å²) in [6.07, 6.45) is 15.0. The van der Waals surface area contributed by atoms with Crippen molar-refractivity contribution in [3.8, 4) is 0 Å². The molecule has 0 spiro atoms. The Hall–Kier alpha value is -1.97. The first-order chi connectivity index (χ1) is 15.9. The molecule has 176 valence electrons. The van der Waals surface area contributed by atoms with Crippen LogP contribution in [-0.2, 0) is 10.4 Å². The number of alkyl halides is 1. The molecular weight excluding hydrogens is 409 g/mol. The van der Waals surface area contributed by atoms with Crippen molar-refractivity contribution < 1.29 is 9.13 Å². The van der Waals surface area contributed by atoms with E-state index in [4.69, 9.17) is 4.74 Å². The van der Waals surface area contributed by atoms with Crippen molar-refractivity contribution in [2.45, 2.75) is 82.6 Å². The molecule has 5 rings (SSSR count). The number of fused-ring (bicyclic) bond motifs is 1. The summed E-state index contributed by atoms with van der Waals surface area (Å²) >= 11 is 0. The lowest BCUT2D eigenvalue weighted by molar-refractivity contribution is 0.00766. The third kappa shape index (κ3) is 4.42. The van der Waals surface area contributed by atoms with Crippen LogP contribution in [0.2, 0.25) is 0 Å².